The molecule has 2 heterocycles. The van der Waals surface area contributed by atoms with Crippen LogP contribution < -0.4 is 4.74 Å². The lowest BCUT2D eigenvalue weighted by Gasteiger charge is -2.37. The highest BCUT2D eigenvalue weighted by atomic mass is 32.1. The number of hydrogen-bond acceptors (Lipinski definition) is 4. The fourth-order valence-electron chi connectivity index (χ4n) is 4.53. The van der Waals surface area contributed by atoms with E-state index < -0.39 is 0 Å². The molecule has 0 aliphatic carbocycles. The number of aryl methyl sites for hydroxylation is 1. The highest BCUT2D eigenvalue weighted by Gasteiger charge is 2.33. The Balaban J connectivity index is 1.49. The normalized spacial score (nSPS) is 15.0. The van der Waals surface area contributed by atoms with Gasteiger partial charge in [-0.25, -0.2) is 0 Å². The van der Waals surface area contributed by atoms with Gasteiger partial charge in [-0.2, -0.15) is 0 Å². The summed E-state index contributed by atoms with van der Waals surface area (Å²) in [6.45, 7) is 8.04. The molecule has 6 heteroatoms. The van der Waals surface area contributed by atoms with Crippen LogP contribution in [0, 0.1) is 12.8 Å². The zero-order valence-corrected chi connectivity index (χ0v) is 22.3. The number of thiophene rings is 1. The van der Waals surface area contributed by atoms with Crippen LogP contribution in [0.25, 0.3) is 0 Å². The molecule has 5 nitrogen and oxygen atoms in total. The quantitative estimate of drug-likeness (QED) is 0.357. The molecule has 0 bridgehead atoms. The summed E-state index contributed by atoms with van der Waals surface area (Å²) in [7, 11) is 0. The van der Waals surface area contributed by atoms with Gasteiger partial charge in [0.2, 0.25) is 11.8 Å². The lowest BCUT2D eigenvalue weighted by Crippen LogP contribution is -2.48. The molecule has 0 N–H and O–H groups in total. The standard InChI is InChI=1S/C30H36N2O3S/c1-22(2)13-16-31(29(33)19-24-7-5-4-6-8-24)20-30(34)32-17-14-28-26(15-18-36-28)27(32)21-35-25-11-9-23(3)10-12-25/h4-12,15,18,22,27H,13-14,16-17,19-21H2,1-3H3/t27-/m0/s1. The van der Waals surface area contributed by atoms with Gasteiger partial charge in [0, 0.05) is 18.0 Å². The van der Waals surface area contributed by atoms with Gasteiger partial charge in [0.15, 0.2) is 0 Å². The van der Waals surface area contributed by atoms with E-state index in [1.54, 1.807) is 16.2 Å². The molecule has 3 aromatic rings. The topological polar surface area (TPSA) is 49.9 Å². The molecule has 0 spiro atoms. The summed E-state index contributed by atoms with van der Waals surface area (Å²) in [5, 5.41) is 2.09. The summed E-state index contributed by atoms with van der Waals surface area (Å²) < 4.78 is 6.15. The monoisotopic (exact) mass is 504 g/mol. The average molecular weight is 505 g/mol. The van der Waals surface area contributed by atoms with E-state index in [-0.39, 0.29) is 24.4 Å². The Kier molecular flexibility index (Phi) is 8.81. The number of rotatable bonds is 10. The molecule has 0 unspecified atom stereocenters. The summed E-state index contributed by atoms with van der Waals surface area (Å²) in [5.74, 6) is 1.23. The minimum atomic E-state index is -0.162. The van der Waals surface area contributed by atoms with Crippen molar-refractivity contribution in [2.45, 2.75) is 46.1 Å². The molecule has 1 aliphatic rings. The van der Waals surface area contributed by atoms with Gasteiger partial charge in [0.25, 0.3) is 0 Å². The Morgan fingerprint density at radius 1 is 1.08 bits per heavy atom. The van der Waals surface area contributed by atoms with Crippen LogP contribution in [0.5, 0.6) is 5.75 Å². The number of fused-ring (bicyclic) bond motifs is 1. The van der Waals surface area contributed by atoms with Crippen LogP contribution in [-0.2, 0) is 22.4 Å². The molecule has 0 saturated heterocycles. The smallest absolute Gasteiger partial charge is 0.242 e. The molecular formula is C30H36N2O3S. The Morgan fingerprint density at radius 2 is 1.83 bits per heavy atom. The molecular weight excluding hydrogens is 468 g/mol. The van der Waals surface area contributed by atoms with Crippen molar-refractivity contribution in [2.75, 3.05) is 26.2 Å². The summed E-state index contributed by atoms with van der Waals surface area (Å²) in [6.07, 6.45) is 2.01. The van der Waals surface area contributed by atoms with E-state index in [4.69, 9.17) is 4.74 Å². The van der Waals surface area contributed by atoms with Crippen LogP contribution in [0.4, 0.5) is 0 Å². The van der Waals surface area contributed by atoms with Crippen molar-refractivity contribution in [1.29, 1.82) is 0 Å². The van der Waals surface area contributed by atoms with Crippen molar-refractivity contribution in [3.05, 3.63) is 87.6 Å². The highest BCUT2D eigenvalue weighted by Crippen LogP contribution is 2.34. The fourth-order valence-corrected chi connectivity index (χ4v) is 5.45. The number of nitrogens with zero attached hydrogens (tertiary/aromatic N) is 2. The third kappa shape index (κ3) is 6.76. The van der Waals surface area contributed by atoms with Gasteiger partial charge < -0.3 is 14.5 Å². The maximum absolute atomic E-state index is 13.7. The second-order valence-corrected chi connectivity index (χ2v) is 10.9. The van der Waals surface area contributed by atoms with Crippen LogP contribution >= 0.6 is 11.3 Å². The van der Waals surface area contributed by atoms with Gasteiger partial charge in [-0.05, 0) is 60.4 Å². The number of hydrogen-bond donors (Lipinski definition) is 0. The predicted molar refractivity (Wildman–Crippen MR) is 145 cm³/mol. The van der Waals surface area contributed by atoms with Crippen LogP contribution in [0.15, 0.2) is 66.0 Å². The van der Waals surface area contributed by atoms with Gasteiger partial charge >= 0.3 is 0 Å². The van der Waals surface area contributed by atoms with Gasteiger partial charge in [-0.15, -0.1) is 11.3 Å². The predicted octanol–water partition coefficient (Wildman–Crippen LogP) is 5.68. The van der Waals surface area contributed by atoms with E-state index in [0.717, 1.165) is 29.7 Å². The van der Waals surface area contributed by atoms with Crippen molar-refractivity contribution >= 4 is 23.2 Å². The van der Waals surface area contributed by atoms with Crippen molar-refractivity contribution < 1.29 is 14.3 Å². The summed E-state index contributed by atoms with van der Waals surface area (Å²) in [5.41, 5.74) is 3.31. The zero-order valence-electron chi connectivity index (χ0n) is 21.5. The molecule has 1 aromatic heterocycles. The first-order chi connectivity index (χ1) is 17.4. The molecule has 36 heavy (non-hydrogen) atoms. The number of amides is 2. The summed E-state index contributed by atoms with van der Waals surface area (Å²) in [4.78, 5) is 31.9. The molecule has 2 amide bonds. The second-order valence-electron chi connectivity index (χ2n) is 9.94. The largest absolute Gasteiger partial charge is 0.491 e. The van der Waals surface area contributed by atoms with Crippen LogP contribution in [0.1, 0.15) is 47.9 Å². The maximum Gasteiger partial charge on any atom is 0.242 e. The highest BCUT2D eigenvalue weighted by molar-refractivity contribution is 7.10. The first kappa shape index (κ1) is 26.0. The van der Waals surface area contributed by atoms with Gasteiger partial charge in [-0.3, -0.25) is 9.59 Å². The number of benzene rings is 2. The summed E-state index contributed by atoms with van der Waals surface area (Å²) in [6, 6.07) is 19.7. The second kappa shape index (κ2) is 12.2. The number of carbonyl (C=O) groups excluding carboxylic acids is 2. The Hall–Kier alpha value is -3.12. The Labute approximate surface area is 218 Å². The van der Waals surface area contributed by atoms with Crippen molar-refractivity contribution in [3.63, 3.8) is 0 Å². The SMILES string of the molecule is Cc1ccc(OC[C@H]2c3ccsc3CCN2C(=O)CN(CCC(C)C)C(=O)Cc2ccccc2)cc1. The van der Waals surface area contributed by atoms with Crippen molar-refractivity contribution in [3.8, 4) is 5.75 Å². The van der Waals surface area contributed by atoms with E-state index in [1.807, 2.05) is 66.4 Å². The van der Waals surface area contributed by atoms with Gasteiger partial charge in [0.05, 0.1) is 19.0 Å². The fraction of sp³-hybridized carbons (Fsp3) is 0.400. The molecule has 2 aromatic carbocycles. The van der Waals surface area contributed by atoms with Crippen LogP contribution in [0.3, 0.4) is 0 Å². The first-order valence-corrected chi connectivity index (χ1v) is 13.7. The van der Waals surface area contributed by atoms with Crippen molar-refractivity contribution in [1.82, 2.24) is 9.80 Å². The molecule has 4 rings (SSSR count). The molecule has 0 fully saturated rings. The minimum Gasteiger partial charge on any atom is -0.491 e. The average Bonchev–Trinajstić information content (AvgIpc) is 3.35. The van der Waals surface area contributed by atoms with E-state index in [0.29, 0.717) is 32.0 Å². The number of ether oxygens (including phenoxy) is 1. The summed E-state index contributed by atoms with van der Waals surface area (Å²) >= 11 is 1.74. The molecule has 190 valence electrons. The van der Waals surface area contributed by atoms with E-state index in [9.17, 15) is 9.59 Å². The Morgan fingerprint density at radius 3 is 2.56 bits per heavy atom. The minimum absolute atomic E-state index is 0.00381. The number of carbonyl (C=O) groups is 2. The Bertz CT molecular complexity index is 1140. The molecule has 0 radical (unpaired) electrons. The lowest BCUT2D eigenvalue weighted by molar-refractivity contribution is -0.142. The van der Waals surface area contributed by atoms with E-state index in [2.05, 4.69) is 25.3 Å². The maximum atomic E-state index is 13.7. The first-order valence-electron chi connectivity index (χ1n) is 12.8. The molecule has 1 atom stereocenters. The zero-order chi connectivity index (χ0) is 25.5. The van der Waals surface area contributed by atoms with Crippen LogP contribution in [0.2, 0.25) is 0 Å². The molecule has 0 saturated carbocycles. The van der Waals surface area contributed by atoms with Gasteiger partial charge in [-0.1, -0.05) is 61.9 Å². The van der Waals surface area contributed by atoms with Crippen molar-refractivity contribution in [2.24, 2.45) is 5.92 Å². The van der Waals surface area contributed by atoms with E-state index in [1.165, 1.54) is 10.4 Å². The lowest BCUT2D eigenvalue weighted by atomic mass is 10.00. The molecule has 1 aliphatic heterocycles. The third-order valence-electron chi connectivity index (χ3n) is 6.70. The third-order valence-corrected chi connectivity index (χ3v) is 7.69. The van der Waals surface area contributed by atoms with Crippen LogP contribution in [-0.4, -0.2) is 47.9 Å². The van der Waals surface area contributed by atoms with Gasteiger partial charge in [0.1, 0.15) is 12.4 Å². The van der Waals surface area contributed by atoms with E-state index >= 15 is 0 Å².